The number of carbonyl (C=O) groups excluding carboxylic acids is 1. The molecule has 17 heavy (non-hydrogen) atoms. The minimum absolute atomic E-state index is 0.0245. The average Bonchev–Trinajstić information content (AvgIpc) is 2.16. The predicted molar refractivity (Wildman–Crippen MR) is 66.0 cm³/mol. The Kier molecular flexibility index (Phi) is 7.29. The van der Waals surface area contributed by atoms with Crippen molar-refractivity contribution in [3.05, 3.63) is 0 Å². The molecule has 0 saturated carbocycles. The van der Waals surface area contributed by atoms with Gasteiger partial charge in [-0.15, -0.1) is 0 Å². The molecule has 1 atom stereocenters. The Bertz CT molecular complexity index is 256. The first kappa shape index (κ1) is 15.7. The fourth-order valence-electron chi connectivity index (χ4n) is 1.53. The highest BCUT2D eigenvalue weighted by molar-refractivity contribution is 5.75. The van der Waals surface area contributed by atoms with Crippen LogP contribution in [0.2, 0.25) is 0 Å². The third-order valence-corrected chi connectivity index (χ3v) is 2.27. The van der Waals surface area contributed by atoms with Gasteiger partial charge in [-0.3, -0.25) is 4.79 Å². The Balaban J connectivity index is 4.11. The summed E-state index contributed by atoms with van der Waals surface area (Å²) < 4.78 is 0. The van der Waals surface area contributed by atoms with Gasteiger partial charge in [0.25, 0.3) is 0 Å². The molecule has 0 fully saturated rings. The van der Waals surface area contributed by atoms with E-state index in [9.17, 15) is 9.59 Å². The predicted octanol–water partition coefficient (Wildman–Crippen LogP) is 0.443. The van der Waals surface area contributed by atoms with Crippen LogP contribution >= 0.6 is 0 Å². The minimum Gasteiger partial charge on any atom is -0.481 e. The van der Waals surface area contributed by atoms with Crippen LogP contribution in [0.25, 0.3) is 0 Å². The van der Waals surface area contributed by atoms with Gasteiger partial charge in [0.15, 0.2) is 0 Å². The number of carbonyl (C=O) groups is 2. The quantitative estimate of drug-likeness (QED) is 0.683. The summed E-state index contributed by atoms with van der Waals surface area (Å²) in [7, 11) is 3.87. The maximum absolute atomic E-state index is 11.8. The summed E-state index contributed by atoms with van der Waals surface area (Å²) in [6.45, 7) is 5.25. The number of likely N-dealkylation sites (N-methyl/N-ethyl adjacent to an activating group) is 1. The second-order valence-corrected chi connectivity index (χ2v) is 4.34. The molecule has 6 nitrogen and oxygen atoms in total. The second kappa shape index (κ2) is 7.89. The standard InChI is InChI=1S/C11H23N3O3/c1-5-14(7-6-10(15)16)11(17)12-9(2)8-13(3)4/h9H,5-8H2,1-4H3,(H,12,17)(H,15,16). The molecule has 100 valence electrons. The summed E-state index contributed by atoms with van der Waals surface area (Å²) in [6, 6.07) is -0.167. The van der Waals surface area contributed by atoms with Crippen LogP contribution in [-0.4, -0.2) is 66.7 Å². The van der Waals surface area contributed by atoms with Crippen LogP contribution in [0.3, 0.4) is 0 Å². The lowest BCUT2D eigenvalue weighted by Gasteiger charge is -2.24. The monoisotopic (exact) mass is 245 g/mol. The Morgan fingerprint density at radius 2 is 1.94 bits per heavy atom. The van der Waals surface area contributed by atoms with E-state index in [-0.39, 0.29) is 25.0 Å². The van der Waals surface area contributed by atoms with E-state index in [1.165, 1.54) is 4.90 Å². The van der Waals surface area contributed by atoms with Crippen molar-refractivity contribution in [2.24, 2.45) is 0 Å². The number of hydrogen-bond acceptors (Lipinski definition) is 3. The fraction of sp³-hybridized carbons (Fsp3) is 0.818. The summed E-state index contributed by atoms with van der Waals surface area (Å²) in [5, 5.41) is 11.4. The number of urea groups is 1. The van der Waals surface area contributed by atoms with Crippen molar-refractivity contribution in [3.8, 4) is 0 Å². The Morgan fingerprint density at radius 1 is 1.35 bits per heavy atom. The largest absolute Gasteiger partial charge is 0.481 e. The molecule has 1 unspecified atom stereocenters. The highest BCUT2D eigenvalue weighted by Crippen LogP contribution is 1.95. The zero-order valence-corrected chi connectivity index (χ0v) is 11.1. The number of rotatable bonds is 7. The number of hydrogen-bond donors (Lipinski definition) is 2. The number of aliphatic carboxylic acids is 1. The second-order valence-electron chi connectivity index (χ2n) is 4.34. The van der Waals surface area contributed by atoms with Gasteiger partial charge in [0, 0.05) is 25.7 Å². The molecule has 0 aliphatic heterocycles. The van der Waals surface area contributed by atoms with Gasteiger partial charge in [-0.2, -0.15) is 0 Å². The Hall–Kier alpha value is -1.30. The molecule has 0 aliphatic carbocycles. The van der Waals surface area contributed by atoms with E-state index in [1.807, 2.05) is 32.8 Å². The molecular weight excluding hydrogens is 222 g/mol. The third-order valence-electron chi connectivity index (χ3n) is 2.27. The normalized spacial score (nSPS) is 12.3. The third kappa shape index (κ3) is 7.57. The van der Waals surface area contributed by atoms with Crippen LogP contribution in [0, 0.1) is 0 Å². The van der Waals surface area contributed by atoms with Gasteiger partial charge in [0.05, 0.1) is 6.42 Å². The summed E-state index contributed by atoms with van der Waals surface area (Å²) in [5.74, 6) is -0.891. The minimum atomic E-state index is -0.891. The van der Waals surface area contributed by atoms with Crippen molar-refractivity contribution < 1.29 is 14.7 Å². The van der Waals surface area contributed by atoms with E-state index in [4.69, 9.17) is 5.11 Å². The molecule has 0 aliphatic rings. The summed E-state index contributed by atoms with van der Waals surface area (Å²) in [5.41, 5.74) is 0. The van der Waals surface area contributed by atoms with Crippen molar-refractivity contribution >= 4 is 12.0 Å². The zero-order valence-electron chi connectivity index (χ0n) is 11.1. The first-order valence-corrected chi connectivity index (χ1v) is 5.78. The summed E-state index contributed by atoms with van der Waals surface area (Å²) >= 11 is 0. The van der Waals surface area contributed by atoms with E-state index in [2.05, 4.69) is 5.32 Å². The molecule has 0 aromatic heterocycles. The summed E-state index contributed by atoms with van der Waals surface area (Å²) in [4.78, 5) is 25.7. The SMILES string of the molecule is CCN(CCC(=O)O)C(=O)NC(C)CN(C)C. The number of nitrogens with zero attached hydrogens (tertiary/aromatic N) is 2. The lowest BCUT2D eigenvalue weighted by molar-refractivity contribution is -0.137. The van der Waals surface area contributed by atoms with Crippen LogP contribution in [0.15, 0.2) is 0 Å². The molecule has 0 aromatic carbocycles. The fourth-order valence-corrected chi connectivity index (χ4v) is 1.53. The van der Waals surface area contributed by atoms with E-state index >= 15 is 0 Å². The van der Waals surface area contributed by atoms with E-state index < -0.39 is 5.97 Å². The van der Waals surface area contributed by atoms with Crippen LogP contribution in [0.1, 0.15) is 20.3 Å². The van der Waals surface area contributed by atoms with E-state index in [0.717, 1.165) is 6.54 Å². The highest BCUT2D eigenvalue weighted by atomic mass is 16.4. The molecule has 2 amide bonds. The highest BCUT2D eigenvalue weighted by Gasteiger charge is 2.15. The average molecular weight is 245 g/mol. The molecule has 0 aromatic rings. The van der Waals surface area contributed by atoms with Gasteiger partial charge < -0.3 is 20.2 Å². The van der Waals surface area contributed by atoms with Crippen molar-refractivity contribution in [3.63, 3.8) is 0 Å². The Morgan fingerprint density at radius 3 is 2.35 bits per heavy atom. The molecule has 0 rings (SSSR count). The van der Waals surface area contributed by atoms with Gasteiger partial charge in [0.1, 0.15) is 0 Å². The lowest BCUT2D eigenvalue weighted by atomic mass is 10.3. The summed E-state index contributed by atoms with van der Waals surface area (Å²) in [6.07, 6.45) is -0.0245. The van der Waals surface area contributed by atoms with Gasteiger partial charge >= 0.3 is 12.0 Å². The first-order chi connectivity index (χ1) is 7.86. The van der Waals surface area contributed by atoms with Gasteiger partial charge in [-0.05, 0) is 27.9 Å². The van der Waals surface area contributed by atoms with E-state index in [0.29, 0.717) is 6.54 Å². The molecule has 0 heterocycles. The number of amides is 2. The smallest absolute Gasteiger partial charge is 0.317 e. The molecule has 0 bridgehead atoms. The molecule has 2 N–H and O–H groups in total. The maximum atomic E-state index is 11.8. The van der Waals surface area contributed by atoms with E-state index in [1.54, 1.807) is 0 Å². The van der Waals surface area contributed by atoms with Crippen molar-refractivity contribution in [2.45, 2.75) is 26.3 Å². The number of carboxylic acids is 1. The maximum Gasteiger partial charge on any atom is 0.317 e. The molecule has 6 heteroatoms. The Labute approximate surface area is 103 Å². The first-order valence-electron chi connectivity index (χ1n) is 5.78. The van der Waals surface area contributed by atoms with Crippen molar-refractivity contribution in [2.75, 3.05) is 33.7 Å². The van der Waals surface area contributed by atoms with Gasteiger partial charge in [0.2, 0.25) is 0 Å². The van der Waals surface area contributed by atoms with Crippen LogP contribution < -0.4 is 5.32 Å². The van der Waals surface area contributed by atoms with Crippen LogP contribution in [-0.2, 0) is 4.79 Å². The molecule has 0 radical (unpaired) electrons. The molecular formula is C11H23N3O3. The molecule has 0 spiro atoms. The number of nitrogens with one attached hydrogen (secondary N) is 1. The lowest BCUT2D eigenvalue weighted by Crippen LogP contribution is -2.47. The van der Waals surface area contributed by atoms with Gasteiger partial charge in [-0.1, -0.05) is 0 Å². The molecule has 0 saturated heterocycles. The topological polar surface area (TPSA) is 72.9 Å². The zero-order chi connectivity index (χ0) is 13.4. The van der Waals surface area contributed by atoms with Crippen molar-refractivity contribution in [1.82, 2.24) is 15.1 Å². The van der Waals surface area contributed by atoms with Crippen LogP contribution in [0.4, 0.5) is 4.79 Å². The van der Waals surface area contributed by atoms with Crippen molar-refractivity contribution in [1.29, 1.82) is 0 Å². The van der Waals surface area contributed by atoms with Gasteiger partial charge in [-0.25, -0.2) is 4.79 Å². The van der Waals surface area contributed by atoms with Crippen LogP contribution in [0.5, 0.6) is 0 Å². The number of carboxylic acid groups (broad SMARTS) is 1.